The summed E-state index contributed by atoms with van der Waals surface area (Å²) in [5.41, 5.74) is 1.00. The molecule has 0 aliphatic heterocycles. The van der Waals surface area contributed by atoms with Gasteiger partial charge in [-0.15, -0.1) is 0 Å². The van der Waals surface area contributed by atoms with Crippen LogP contribution in [0.4, 0.5) is 0 Å². The number of rotatable bonds is 7. The van der Waals surface area contributed by atoms with Gasteiger partial charge in [0.15, 0.2) is 0 Å². The zero-order chi connectivity index (χ0) is 14.3. The Kier molecular flexibility index (Phi) is 6.78. The van der Waals surface area contributed by atoms with Gasteiger partial charge in [-0.3, -0.25) is 9.00 Å². The number of hydrogen-bond donors (Lipinski definition) is 1. The van der Waals surface area contributed by atoms with Crippen LogP contribution < -0.4 is 5.32 Å². The first-order valence-corrected chi connectivity index (χ1v) is 8.14. The minimum atomic E-state index is -1.18. The monoisotopic (exact) mass is 281 g/mol. The summed E-state index contributed by atoms with van der Waals surface area (Å²) in [6, 6.07) is 9.77. The lowest BCUT2D eigenvalue weighted by molar-refractivity contribution is -0.121. The third-order valence-electron chi connectivity index (χ3n) is 3.03. The molecule has 0 aromatic heterocycles. The zero-order valence-electron chi connectivity index (χ0n) is 11.9. The fourth-order valence-corrected chi connectivity index (χ4v) is 2.93. The smallest absolute Gasteiger partial charge is 0.235 e. The summed E-state index contributed by atoms with van der Waals surface area (Å²) < 4.78 is 12.1. The second-order valence-corrected chi connectivity index (χ2v) is 6.61. The molecule has 1 aromatic rings. The molecule has 3 nitrogen and oxygen atoms in total. The van der Waals surface area contributed by atoms with Crippen molar-refractivity contribution in [3.8, 4) is 0 Å². The highest BCUT2D eigenvalue weighted by Crippen LogP contribution is 2.08. The summed E-state index contributed by atoms with van der Waals surface area (Å²) in [6.45, 7) is 5.79. The molecular weight excluding hydrogens is 258 g/mol. The van der Waals surface area contributed by atoms with Gasteiger partial charge in [-0.2, -0.15) is 0 Å². The molecule has 0 bridgehead atoms. The van der Waals surface area contributed by atoms with Gasteiger partial charge in [-0.1, -0.05) is 43.7 Å². The lowest BCUT2D eigenvalue weighted by Gasteiger charge is -2.16. The van der Waals surface area contributed by atoms with Crippen LogP contribution in [0, 0.1) is 0 Å². The van der Waals surface area contributed by atoms with Gasteiger partial charge >= 0.3 is 0 Å². The highest BCUT2D eigenvalue weighted by Gasteiger charge is 2.21. The molecular formula is C15H23NO2S. The van der Waals surface area contributed by atoms with Crippen LogP contribution in [-0.4, -0.2) is 21.4 Å². The van der Waals surface area contributed by atoms with Gasteiger partial charge < -0.3 is 5.32 Å². The van der Waals surface area contributed by atoms with Crippen molar-refractivity contribution in [2.45, 2.75) is 50.7 Å². The average molecular weight is 281 g/mol. The van der Waals surface area contributed by atoms with Crippen LogP contribution in [0.25, 0.3) is 0 Å². The minimum absolute atomic E-state index is 0.116. The van der Waals surface area contributed by atoms with E-state index in [0.717, 1.165) is 18.4 Å². The number of carbonyl (C=O) groups is 1. The van der Waals surface area contributed by atoms with E-state index in [0.29, 0.717) is 5.75 Å². The zero-order valence-corrected chi connectivity index (χ0v) is 12.7. The largest absolute Gasteiger partial charge is 0.353 e. The highest BCUT2D eigenvalue weighted by atomic mass is 32.2. The van der Waals surface area contributed by atoms with Gasteiger partial charge in [0.2, 0.25) is 5.91 Å². The normalized spacial score (nSPS) is 15.5. The molecule has 19 heavy (non-hydrogen) atoms. The molecule has 1 amide bonds. The Balaban J connectivity index is 2.50. The Morgan fingerprint density at radius 2 is 1.89 bits per heavy atom. The first-order valence-electron chi connectivity index (χ1n) is 6.76. The van der Waals surface area contributed by atoms with E-state index in [1.54, 1.807) is 6.92 Å². The van der Waals surface area contributed by atoms with Gasteiger partial charge in [-0.05, 0) is 25.8 Å². The molecule has 0 heterocycles. The minimum Gasteiger partial charge on any atom is -0.353 e. The Bertz CT molecular complexity index is 419. The molecule has 0 fully saturated rings. The van der Waals surface area contributed by atoms with Crippen molar-refractivity contribution < 1.29 is 9.00 Å². The standard InChI is InChI=1S/C15H23NO2S/c1-4-8-12(2)16-15(17)13(3)19(18)11-14-9-6-5-7-10-14/h5-7,9-10,12-13H,4,8,11H2,1-3H3,(H,16,17). The predicted octanol–water partition coefficient (Wildman–Crippen LogP) is 2.63. The third-order valence-corrected chi connectivity index (χ3v) is 4.65. The molecule has 0 saturated carbocycles. The van der Waals surface area contributed by atoms with Gasteiger partial charge in [0, 0.05) is 22.6 Å². The maximum absolute atomic E-state index is 12.1. The molecule has 3 unspecified atom stereocenters. The lowest BCUT2D eigenvalue weighted by atomic mass is 10.2. The van der Waals surface area contributed by atoms with Gasteiger partial charge in [0.05, 0.1) is 0 Å². The van der Waals surface area contributed by atoms with Crippen LogP contribution in [0.15, 0.2) is 30.3 Å². The molecule has 0 aliphatic carbocycles. The number of benzene rings is 1. The molecule has 4 heteroatoms. The fraction of sp³-hybridized carbons (Fsp3) is 0.533. The number of carbonyl (C=O) groups excluding carboxylic acids is 1. The first kappa shape index (κ1) is 15.9. The molecule has 1 N–H and O–H groups in total. The van der Waals surface area contributed by atoms with Crippen LogP contribution in [0.1, 0.15) is 39.2 Å². The molecule has 0 spiro atoms. The van der Waals surface area contributed by atoms with E-state index in [1.165, 1.54) is 0 Å². The Labute approximate surface area is 118 Å². The molecule has 106 valence electrons. The van der Waals surface area contributed by atoms with E-state index in [9.17, 15) is 9.00 Å². The SMILES string of the molecule is CCCC(C)NC(=O)C(C)S(=O)Cc1ccccc1. The summed E-state index contributed by atoms with van der Waals surface area (Å²) in [5.74, 6) is 0.313. The summed E-state index contributed by atoms with van der Waals surface area (Å²) in [6.07, 6.45) is 1.98. The van der Waals surface area contributed by atoms with E-state index in [4.69, 9.17) is 0 Å². The first-order chi connectivity index (χ1) is 9.04. The Morgan fingerprint density at radius 1 is 1.26 bits per heavy atom. The van der Waals surface area contributed by atoms with E-state index in [-0.39, 0.29) is 11.9 Å². The van der Waals surface area contributed by atoms with E-state index in [1.807, 2.05) is 37.3 Å². The van der Waals surface area contributed by atoms with Crippen LogP contribution in [-0.2, 0) is 21.3 Å². The fourth-order valence-electron chi connectivity index (χ4n) is 1.85. The summed E-state index contributed by atoms with van der Waals surface area (Å²) in [5, 5.41) is 2.44. The van der Waals surface area contributed by atoms with Crippen LogP contribution in [0.5, 0.6) is 0 Å². The van der Waals surface area contributed by atoms with Crippen molar-refractivity contribution in [1.29, 1.82) is 0 Å². The van der Waals surface area contributed by atoms with Gasteiger partial charge in [0.25, 0.3) is 0 Å². The summed E-state index contributed by atoms with van der Waals surface area (Å²) >= 11 is 0. The summed E-state index contributed by atoms with van der Waals surface area (Å²) in [4.78, 5) is 12.0. The number of hydrogen-bond acceptors (Lipinski definition) is 2. The maximum atomic E-state index is 12.1. The predicted molar refractivity (Wildman–Crippen MR) is 80.3 cm³/mol. The molecule has 1 rings (SSSR count). The second kappa shape index (κ2) is 8.10. The van der Waals surface area contributed by atoms with Crippen molar-refractivity contribution in [2.75, 3.05) is 0 Å². The van der Waals surface area contributed by atoms with Crippen molar-refractivity contribution in [3.05, 3.63) is 35.9 Å². The van der Waals surface area contributed by atoms with E-state index >= 15 is 0 Å². The second-order valence-electron chi connectivity index (χ2n) is 4.85. The molecule has 0 aliphatic rings. The van der Waals surface area contributed by atoms with Crippen LogP contribution >= 0.6 is 0 Å². The third kappa shape index (κ3) is 5.55. The van der Waals surface area contributed by atoms with Crippen LogP contribution in [0.2, 0.25) is 0 Å². The van der Waals surface area contributed by atoms with E-state index in [2.05, 4.69) is 12.2 Å². The van der Waals surface area contributed by atoms with Crippen molar-refractivity contribution in [1.82, 2.24) is 5.32 Å². The topological polar surface area (TPSA) is 46.2 Å². The maximum Gasteiger partial charge on any atom is 0.235 e. The molecule has 0 saturated heterocycles. The van der Waals surface area contributed by atoms with Gasteiger partial charge in [-0.25, -0.2) is 0 Å². The Hall–Kier alpha value is -1.16. The van der Waals surface area contributed by atoms with Crippen molar-refractivity contribution >= 4 is 16.7 Å². The number of nitrogens with one attached hydrogen (secondary N) is 1. The van der Waals surface area contributed by atoms with E-state index < -0.39 is 16.0 Å². The number of amides is 1. The quantitative estimate of drug-likeness (QED) is 0.835. The lowest BCUT2D eigenvalue weighted by Crippen LogP contribution is -2.40. The van der Waals surface area contributed by atoms with Crippen molar-refractivity contribution in [3.63, 3.8) is 0 Å². The van der Waals surface area contributed by atoms with Crippen molar-refractivity contribution in [2.24, 2.45) is 0 Å². The van der Waals surface area contributed by atoms with Gasteiger partial charge in [0.1, 0.15) is 5.25 Å². The van der Waals surface area contributed by atoms with Crippen LogP contribution in [0.3, 0.4) is 0 Å². The molecule has 3 atom stereocenters. The highest BCUT2D eigenvalue weighted by molar-refractivity contribution is 7.85. The average Bonchev–Trinajstić information content (AvgIpc) is 2.39. The summed E-state index contributed by atoms with van der Waals surface area (Å²) in [7, 11) is -1.18. The Morgan fingerprint density at radius 3 is 2.47 bits per heavy atom. The molecule has 1 aromatic carbocycles. The molecule has 0 radical (unpaired) electrons.